The summed E-state index contributed by atoms with van der Waals surface area (Å²) in [6.45, 7) is 0. The van der Waals surface area contributed by atoms with Crippen LogP contribution in [0, 0.1) is 0 Å². The Hall–Kier alpha value is -0.610. The smallest absolute Gasteiger partial charge is 0.187 e. The van der Waals surface area contributed by atoms with Crippen molar-refractivity contribution in [2.75, 3.05) is 6.26 Å². The molecule has 1 aromatic heterocycles. The summed E-state index contributed by atoms with van der Waals surface area (Å²) in [5, 5.41) is 0.851. The van der Waals surface area contributed by atoms with Crippen LogP contribution in [0.5, 0.6) is 0 Å². The van der Waals surface area contributed by atoms with Gasteiger partial charge in [-0.1, -0.05) is 11.8 Å². The van der Waals surface area contributed by atoms with Crippen LogP contribution >= 0.6 is 11.8 Å². The highest BCUT2D eigenvalue weighted by Gasteiger charge is 2.37. The Bertz CT molecular complexity index is 323. The van der Waals surface area contributed by atoms with Crippen LogP contribution in [-0.4, -0.2) is 21.8 Å². The highest BCUT2D eigenvalue weighted by molar-refractivity contribution is 7.98. The van der Waals surface area contributed by atoms with Gasteiger partial charge in [0.15, 0.2) is 5.16 Å². The second-order valence-corrected chi connectivity index (χ2v) is 4.67. The van der Waals surface area contributed by atoms with Gasteiger partial charge in [-0.15, -0.1) is 0 Å². The molecule has 2 rings (SSSR count). The van der Waals surface area contributed by atoms with Crippen LogP contribution in [0.2, 0.25) is 0 Å². The lowest BCUT2D eigenvalue weighted by Crippen LogP contribution is -2.22. The van der Waals surface area contributed by atoms with Gasteiger partial charge in [0.2, 0.25) is 0 Å². The van der Waals surface area contributed by atoms with Crippen LogP contribution in [0.1, 0.15) is 25.0 Å². The van der Waals surface area contributed by atoms with Crippen molar-refractivity contribution < 1.29 is 0 Å². The van der Waals surface area contributed by atoms with Gasteiger partial charge >= 0.3 is 0 Å². The predicted octanol–water partition coefficient (Wildman–Crippen LogP) is 1.62. The summed E-state index contributed by atoms with van der Waals surface area (Å²) >= 11 is 1.58. The molecule has 0 saturated heterocycles. The van der Waals surface area contributed by atoms with Gasteiger partial charge in [0, 0.05) is 17.4 Å². The van der Waals surface area contributed by atoms with E-state index in [-0.39, 0.29) is 5.54 Å². The number of nitrogens with two attached hydrogens (primary N) is 1. The van der Waals surface area contributed by atoms with Crippen LogP contribution < -0.4 is 5.73 Å². The van der Waals surface area contributed by atoms with E-state index in [1.54, 1.807) is 11.8 Å². The predicted molar refractivity (Wildman–Crippen MR) is 58.3 cm³/mol. The summed E-state index contributed by atoms with van der Waals surface area (Å²) in [6, 6.07) is 1.98. The van der Waals surface area contributed by atoms with E-state index in [0.29, 0.717) is 0 Å². The first-order chi connectivity index (χ1) is 6.72. The number of hydrogen-bond acceptors (Lipinski definition) is 4. The molecule has 14 heavy (non-hydrogen) atoms. The summed E-state index contributed by atoms with van der Waals surface area (Å²) in [5.41, 5.74) is 7.26. The summed E-state index contributed by atoms with van der Waals surface area (Å²) in [4.78, 5) is 8.56. The Kier molecular flexibility index (Phi) is 2.74. The number of thioether (sulfide) groups is 1. The topological polar surface area (TPSA) is 51.8 Å². The van der Waals surface area contributed by atoms with Crippen LogP contribution in [0.4, 0.5) is 0 Å². The molecule has 0 spiro atoms. The van der Waals surface area contributed by atoms with E-state index in [9.17, 15) is 0 Å². The van der Waals surface area contributed by atoms with Crippen molar-refractivity contribution in [3.8, 4) is 0 Å². The zero-order valence-corrected chi connectivity index (χ0v) is 9.18. The molecule has 1 aromatic rings. The maximum atomic E-state index is 6.02. The van der Waals surface area contributed by atoms with E-state index in [1.807, 2.05) is 18.5 Å². The molecule has 1 heterocycles. The highest BCUT2D eigenvalue weighted by atomic mass is 32.2. The monoisotopic (exact) mass is 209 g/mol. The highest BCUT2D eigenvalue weighted by Crippen LogP contribution is 2.36. The largest absolute Gasteiger partial charge is 0.325 e. The number of aryl methyl sites for hydroxylation is 1. The van der Waals surface area contributed by atoms with Gasteiger partial charge in [-0.2, -0.15) is 0 Å². The Labute approximate surface area is 88.5 Å². The van der Waals surface area contributed by atoms with E-state index in [0.717, 1.165) is 23.7 Å². The van der Waals surface area contributed by atoms with Crippen molar-refractivity contribution in [3.63, 3.8) is 0 Å². The molecule has 1 aliphatic carbocycles. The molecule has 1 saturated carbocycles. The SMILES string of the molecule is CSc1nccc(CCC2(N)CC2)n1. The summed E-state index contributed by atoms with van der Waals surface area (Å²) < 4.78 is 0. The van der Waals surface area contributed by atoms with Gasteiger partial charge in [0.25, 0.3) is 0 Å². The van der Waals surface area contributed by atoms with Gasteiger partial charge in [-0.3, -0.25) is 0 Å². The lowest BCUT2D eigenvalue weighted by atomic mass is 10.1. The standard InChI is InChI=1S/C10H15N3S/c1-14-9-12-7-3-8(13-9)2-4-10(11)5-6-10/h3,7H,2,4-6,11H2,1H3. The molecule has 76 valence electrons. The molecule has 3 nitrogen and oxygen atoms in total. The van der Waals surface area contributed by atoms with Gasteiger partial charge in [0.1, 0.15) is 0 Å². The molecule has 0 unspecified atom stereocenters. The van der Waals surface area contributed by atoms with Crippen molar-refractivity contribution in [2.24, 2.45) is 5.73 Å². The third kappa shape index (κ3) is 2.45. The minimum Gasteiger partial charge on any atom is -0.325 e. The van der Waals surface area contributed by atoms with Crippen molar-refractivity contribution in [1.82, 2.24) is 9.97 Å². The van der Waals surface area contributed by atoms with Gasteiger partial charge in [-0.05, 0) is 38.0 Å². The molecule has 0 aromatic carbocycles. The van der Waals surface area contributed by atoms with Crippen molar-refractivity contribution in [2.45, 2.75) is 36.4 Å². The van der Waals surface area contributed by atoms with Crippen molar-refractivity contribution >= 4 is 11.8 Å². The molecule has 0 atom stereocenters. The quantitative estimate of drug-likeness (QED) is 0.605. The van der Waals surface area contributed by atoms with Crippen LogP contribution in [0.3, 0.4) is 0 Å². The Morgan fingerprint density at radius 3 is 3.00 bits per heavy atom. The van der Waals surface area contributed by atoms with Crippen LogP contribution in [-0.2, 0) is 6.42 Å². The molecular formula is C10H15N3S. The van der Waals surface area contributed by atoms with Gasteiger partial charge < -0.3 is 5.73 Å². The fourth-order valence-electron chi connectivity index (χ4n) is 1.40. The summed E-state index contributed by atoms with van der Waals surface area (Å²) in [6.07, 6.45) is 8.19. The molecule has 0 amide bonds. The zero-order valence-electron chi connectivity index (χ0n) is 8.36. The fraction of sp³-hybridized carbons (Fsp3) is 0.600. The van der Waals surface area contributed by atoms with Gasteiger partial charge in [0.05, 0.1) is 0 Å². The number of rotatable bonds is 4. The molecule has 4 heteroatoms. The molecular weight excluding hydrogens is 194 g/mol. The summed E-state index contributed by atoms with van der Waals surface area (Å²) in [7, 11) is 0. The van der Waals surface area contributed by atoms with Crippen molar-refractivity contribution in [1.29, 1.82) is 0 Å². The summed E-state index contributed by atoms with van der Waals surface area (Å²) in [5.74, 6) is 0. The van der Waals surface area contributed by atoms with Crippen LogP contribution in [0.25, 0.3) is 0 Å². The minimum absolute atomic E-state index is 0.129. The molecule has 0 aliphatic heterocycles. The van der Waals surface area contributed by atoms with E-state index >= 15 is 0 Å². The minimum atomic E-state index is 0.129. The van der Waals surface area contributed by atoms with E-state index in [4.69, 9.17) is 5.73 Å². The number of nitrogens with zero attached hydrogens (tertiary/aromatic N) is 2. The second-order valence-electron chi connectivity index (χ2n) is 3.90. The zero-order chi connectivity index (χ0) is 10.0. The average molecular weight is 209 g/mol. The molecule has 0 bridgehead atoms. The first kappa shape index (κ1) is 9.93. The van der Waals surface area contributed by atoms with E-state index in [1.165, 1.54) is 12.8 Å². The van der Waals surface area contributed by atoms with Crippen LogP contribution in [0.15, 0.2) is 17.4 Å². The maximum Gasteiger partial charge on any atom is 0.187 e. The normalized spacial score (nSPS) is 18.1. The number of hydrogen-bond donors (Lipinski definition) is 1. The first-order valence-electron chi connectivity index (χ1n) is 4.87. The lowest BCUT2D eigenvalue weighted by molar-refractivity contribution is 0.600. The molecule has 2 N–H and O–H groups in total. The number of aromatic nitrogens is 2. The Balaban J connectivity index is 1.94. The Morgan fingerprint density at radius 1 is 1.57 bits per heavy atom. The van der Waals surface area contributed by atoms with Crippen molar-refractivity contribution in [3.05, 3.63) is 18.0 Å². The third-order valence-corrected chi connectivity index (χ3v) is 3.21. The van der Waals surface area contributed by atoms with Gasteiger partial charge in [-0.25, -0.2) is 9.97 Å². The Morgan fingerprint density at radius 2 is 2.36 bits per heavy atom. The molecule has 1 aliphatic rings. The first-order valence-corrected chi connectivity index (χ1v) is 6.09. The van der Waals surface area contributed by atoms with E-state index < -0.39 is 0 Å². The lowest BCUT2D eigenvalue weighted by Gasteiger charge is -2.07. The second kappa shape index (κ2) is 3.87. The maximum absolute atomic E-state index is 6.02. The third-order valence-electron chi connectivity index (χ3n) is 2.64. The molecule has 1 fully saturated rings. The van der Waals surface area contributed by atoms with E-state index in [2.05, 4.69) is 9.97 Å². The fourth-order valence-corrected chi connectivity index (χ4v) is 1.78. The molecule has 0 radical (unpaired) electrons. The average Bonchev–Trinajstić information content (AvgIpc) is 2.95.